The Kier molecular flexibility index (Phi) is 5.17. The second kappa shape index (κ2) is 6.88. The Labute approximate surface area is 123 Å². The number of benzene rings is 1. The van der Waals surface area contributed by atoms with Gasteiger partial charge in [0, 0.05) is 28.5 Å². The van der Waals surface area contributed by atoms with Crippen molar-refractivity contribution in [2.24, 2.45) is 16.6 Å². The summed E-state index contributed by atoms with van der Waals surface area (Å²) in [6.07, 6.45) is 5.57. The first-order valence-corrected chi connectivity index (χ1v) is 8.62. The minimum Gasteiger partial charge on any atom is -0.370 e. The number of nitrogens with zero attached hydrogens (tertiary/aromatic N) is 1. The molecule has 3 N–H and O–H groups in total. The Hall–Kier alpha value is -1.36. The maximum atomic E-state index is 11.3. The van der Waals surface area contributed by atoms with Crippen LogP contribution < -0.4 is 11.1 Å². The number of hydrogen-bond donors (Lipinski definition) is 2. The van der Waals surface area contributed by atoms with Gasteiger partial charge in [-0.25, -0.2) is 0 Å². The highest BCUT2D eigenvalue weighted by Crippen LogP contribution is 2.26. The van der Waals surface area contributed by atoms with Gasteiger partial charge in [-0.05, 0) is 43.4 Å². The van der Waals surface area contributed by atoms with Crippen molar-refractivity contribution in [3.8, 4) is 0 Å². The van der Waals surface area contributed by atoms with Crippen LogP contribution in [0.15, 0.2) is 34.2 Å². The van der Waals surface area contributed by atoms with E-state index in [9.17, 15) is 4.21 Å². The second-order valence-corrected chi connectivity index (χ2v) is 6.79. The van der Waals surface area contributed by atoms with E-state index in [0.29, 0.717) is 5.96 Å². The molecule has 1 aliphatic carbocycles. The molecular weight excluding hydrogens is 270 g/mol. The summed E-state index contributed by atoms with van der Waals surface area (Å²) in [6.45, 7) is 2.88. The lowest BCUT2D eigenvalue weighted by molar-refractivity contribution is 0.326. The molecule has 2 rings (SSSR count). The van der Waals surface area contributed by atoms with Gasteiger partial charge >= 0.3 is 0 Å². The van der Waals surface area contributed by atoms with Crippen LogP contribution in [0.5, 0.6) is 0 Å². The maximum Gasteiger partial charge on any atom is 0.189 e. The van der Waals surface area contributed by atoms with Crippen molar-refractivity contribution in [3.05, 3.63) is 29.8 Å². The third-order valence-electron chi connectivity index (χ3n) is 3.82. The molecule has 110 valence electrons. The molecule has 20 heavy (non-hydrogen) atoms. The van der Waals surface area contributed by atoms with E-state index in [1.807, 2.05) is 31.2 Å². The van der Waals surface area contributed by atoms with Gasteiger partial charge in [-0.15, -0.1) is 0 Å². The van der Waals surface area contributed by atoms with Crippen LogP contribution in [-0.2, 0) is 10.8 Å². The van der Waals surface area contributed by atoms with Crippen LogP contribution >= 0.6 is 0 Å². The molecule has 0 amide bonds. The summed E-state index contributed by atoms with van der Waals surface area (Å²) in [7, 11) is -0.933. The zero-order valence-corrected chi connectivity index (χ0v) is 13.0. The van der Waals surface area contributed by atoms with Gasteiger partial charge in [0.1, 0.15) is 0 Å². The predicted octanol–water partition coefficient (Wildman–Crippen LogP) is 2.19. The van der Waals surface area contributed by atoms with Crippen molar-refractivity contribution in [1.29, 1.82) is 0 Å². The highest BCUT2D eigenvalue weighted by molar-refractivity contribution is 7.84. The average Bonchev–Trinajstić information content (AvgIpc) is 2.37. The van der Waals surface area contributed by atoms with Gasteiger partial charge < -0.3 is 11.1 Å². The lowest BCUT2D eigenvalue weighted by Crippen LogP contribution is -2.34. The zero-order valence-electron chi connectivity index (χ0n) is 12.1. The van der Waals surface area contributed by atoms with Gasteiger partial charge in [-0.3, -0.25) is 9.20 Å². The smallest absolute Gasteiger partial charge is 0.189 e. The highest BCUT2D eigenvalue weighted by atomic mass is 32.2. The van der Waals surface area contributed by atoms with Crippen LogP contribution in [0.2, 0.25) is 0 Å². The molecule has 0 bridgehead atoms. The van der Waals surface area contributed by atoms with E-state index in [-0.39, 0.29) is 6.04 Å². The molecule has 1 fully saturated rings. The Morgan fingerprint density at radius 2 is 2.10 bits per heavy atom. The molecule has 0 spiro atoms. The van der Waals surface area contributed by atoms with E-state index in [1.165, 1.54) is 19.3 Å². The van der Waals surface area contributed by atoms with Crippen LogP contribution in [0, 0.1) is 5.92 Å². The lowest BCUT2D eigenvalue weighted by atomic mass is 9.86. The van der Waals surface area contributed by atoms with E-state index in [1.54, 1.807) is 6.26 Å². The fourth-order valence-electron chi connectivity index (χ4n) is 2.20. The first kappa shape index (κ1) is 15.0. The number of rotatable bonds is 5. The maximum absolute atomic E-state index is 11.3. The molecule has 1 aliphatic rings. The molecule has 0 heterocycles. The van der Waals surface area contributed by atoms with Crippen LogP contribution in [0.25, 0.3) is 0 Å². The minimum absolute atomic E-state index is 0.0967. The molecular formula is C15H23N3OS. The largest absolute Gasteiger partial charge is 0.370 e. The summed E-state index contributed by atoms with van der Waals surface area (Å²) in [5.74, 6) is 1.23. The topological polar surface area (TPSA) is 67.5 Å². The molecule has 4 nitrogen and oxygen atoms in total. The monoisotopic (exact) mass is 293 g/mol. The van der Waals surface area contributed by atoms with Gasteiger partial charge in [-0.2, -0.15) is 0 Å². The Balaban J connectivity index is 1.89. The molecule has 1 aromatic rings. The van der Waals surface area contributed by atoms with Crippen molar-refractivity contribution in [3.63, 3.8) is 0 Å². The second-order valence-electron chi connectivity index (χ2n) is 5.41. The number of nitrogens with one attached hydrogen (secondary N) is 1. The number of aliphatic imine (C=N–C) groups is 1. The predicted molar refractivity (Wildman–Crippen MR) is 84.2 cm³/mol. The zero-order chi connectivity index (χ0) is 14.5. The van der Waals surface area contributed by atoms with Crippen molar-refractivity contribution in [1.82, 2.24) is 5.32 Å². The van der Waals surface area contributed by atoms with Gasteiger partial charge in [0.15, 0.2) is 5.96 Å². The summed E-state index contributed by atoms with van der Waals surface area (Å²) >= 11 is 0. The third kappa shape index (κ3) is 4.07. The van der Waals surface area contributed by atoms with Crippen LogP contribution in [0.3, 0.4) is 0 Å². The summed E-state index contributed by atoms with van der Waals surface area (Å²) in [4.78, 5) is 5.23. The molecule has 0 aliphatic heterocycles. The first-order chi connectivity index (χ1) is 9.56. The van der Waals surface area contributed by atoms with Crippen molar-refractivity contribution < 1.29 is 4.21 Å². The quantitative estimate of drug-likeness (QED) is 0.646. The lowest BCUT2D eigenvalue weighted by Gasteiger charge is -2.23. The van der Waals surface area contributed by atoms with E-state index in [0.717, 1.165) is 22.9 Å². The number of hydrogen-bond acceptors (Lipinski definition) is 2. The van der Waals surface area contributed by atoms with E-state index >= 15 is 0 Å². The average molecular weight is 293 g/mol. The normalized spacial score (nSPS) is 19.2. The molecule has 0 saturated heterocycles. The van der Waals surface area contributed by atoms with Crippen LogP contribution in [-0.4, -0.2) is 23.0 Å². The number of guanidine groups is 1. The van der Waals surface area contributed by atoms with Crippen molar-refractivity contribution >= 4 is 16.8 Å². The summed E-state index contributed by atoms with van der Waals surface area (Å²) < 4.78 is 11.3. The molecule has 0 radical (unpaired) electrons. The molecule has 0 aromatic heterocycles. The summed E-state index contributed by atoms with van der Waals surface area (Å²) in [5.41, 5.74) is 7.02. The van der Waals surface area contributed by atoms with Crippen LogP contribution in [0.1, 0.15) is 37.8 Å². The molecule has 1 aromatic carbocycles. The highest BCUT2D eigenvalue weighted by Gasteiger charge is 2.16. The summed E-state index contributed by atoms with van der Waals surface area (Å²) in [6, 6.07) is 7.84. The fourth-order valence-corrected chi connectivity index (χ4v) is 2.72. The standard InChI is InChI=1S/C15H23N3OS/c1-11(13-6-8-14(9-7-13)20(2)19)18-15(16)17-10-12-4-3-5-12/h6-9,11-12H,3-5,10H2,1-2H3,(H3,16,17,18). The Morgan fingerprint density at radius 1 is 1.45 bits per heavy atom. The molecule has 5 heteroatoms. The molecule has 1 saturated carbocycles. The first-order valence-electron chi connectivity index (χ1n) is 7.06. The van der Waals surface area contributed by atoms with Gasteiger partial charge in [-0.1, -0.05) is 18.6 Å². The Bertz CT molecular complexity index is 494. The van der Waals surface area contributed by atoms with Gasteiger partial charge in [0.05, 0.1) is 6.04 Å². The Morgan fingerprint density at radius 3 is 2.60 bits per heavy atom. The number of nitrogens with two attached hydrogens (primary N) is 1. The van der Waals surface area contributed by atoms with E-state index < -0.39 is 10.8 Å². The van der Waals surface area contributed by atoms with Crippen molar-refractivity contribution in [2.75, 3.05) is 12.8 Å². The van der Waals surface area contributed by atoms with Gasteiger partial charge in [0.25, 0.3) is 0 Å². The van der Waals surface area contributed by atoms with Crippen molar-refractivity contribution in [2.45, 2.75) is 37.1 Å². The fraction of sp³-hybridized carbons (Fsp3) is 0.533. The van der Waals surface area contributed by atoms with E-state index in [2.05, 4.69) is 10.3 Å². The third-order valence-corrected chi connectivity index (χ3v) is 4.76. The minimum atomic E-state index is -0.933. The van der Waals surface area contributed by atoms with Crippen LogP contribution in [0.4, 0.5) is 0 Å². The van der Waals surface area contributed by atoms with Gasteiger partial charge in [0.2, 0.25) is 0 Å². The molecule has 2 atom stereocenters. The summed E-state index contributed by atoms with van der Waals surface area (Å²) in [5, 5.41) is 3.20. The molecule has 2 unspecified atom stereocenters. The SMILES string of the molecule is CC(NC(N)=NCC1CCC1)c1ccc(S(C)=O)cc1. The van der Waals surface area contributed by atoms with E-state index in [4.69, 9.17) is 5.73 Å².